The van der Waals surface area contributed by atoms with Crippen molar-refractivity contribution in [3.8, 4) is 6.07 Å². The average Bonchev–Trinajstić information content (AvgIpc) is 2.79. The Labute approximate surface area is 131 Å². The summed E-state index contributed by atoms with van der Waals surface area (Å²) in [6, 6.07) is 12.8. The molecule has 0 atom stereocenters. The molecule has 0 bridgehead atoms. The van der Waals surface area contributed by atoms with Gasteiger partial charge < -0.3 is 5.32 Å². The average molecular weight is 305 g/mol. The molecule has 2 aromatic rings. The third-order valence-corrected chi connectivity index (χ3v) is 3.62. The lowest BCUT2D eigenvalue weighted by molar-refractivity contribution is 0.0693. The Morgan fingerprint density at radius 1 is 1.04 bits per heavy atom. The van der Waals surface area contributed by atoms with Crippen LogP contribution < -0.4 is 5.32 Å². The number of benzene rings is 2. The maximum absolute atomic E-state index is 12.3. The van der Waals surface area contributed by atoms with Crippen LogP contribution in [-0.4, -0.2) is 29.7 Å². The highest BCUT2D eigenvalue weighted by molar-refractivity contribution is 6.22. The third-order valence-electron chi connectivity index (χ3n) is 3.62. The molecule has 3 amide bonds. The molecule has 0 fully saturated rings. The standard InChI is InChI=1S/C17H11N3O3/c1-20-16(22)13-7-4-11(8-14(13)17(20)23)15(21)19-12-5-2-10(9-18)3-6-12/h2-8H,1H3,(H,19,21). The highest BCUT2D eigenvalue weighted by atomic mass is 16.2. The predicted molar refractivity (Wildman–Crippen MR) is 82.0 cm³/mol. The van der Waals surface area contributed by atoms with Gasteiger partial charge in [-0.3, -0.25) is 19.3 Å². The fraction of sp³-hybridized carbons (Fsp3) is 0.0588. The van der Waals surface area contributed by atoms with Gasteiger partial charge in [0.1, 0.15) is 0 Å². The summed E-state index contributed by atoms with van der Waals surface area (Å²) in [7, 11) is 1.40. The summed E-state index contributed by atoms with van der Waals surface area (Å²) in [5, 5.41) is 11.4. The van der Waals surface area contributed by atoms with Gasteiger partial charge in [-0.1, -0.05) is 0 Å². The summed E-state index contributed by atoms with van der Waals surface area (Å²) in [5.41, 5.74) is 1.84. The van der Waals surface area contributed by atoms with Gasteiger partial charge in [0, 0.05) is 18.3 Å². The fourth-order valence-electron chi connectivity index (χ4n) is 2.33. The van der Waals surface area contributed by atoms with Crippen molar-refractivity contribution in [2.24, 2.45) is 0 Å². The van der Waals surface area contributed by atoms with Crippen molar-refractivity contribution in [1.29, 1.82) is 5.26 Å². The van der Waals surface area contributed by atoms with E-state index in [1.165, 1.54) is 25.2 Å². The second-order valence-electron chi connectivity index (χ2n) is 5.07. The number of rotatable bonds is 2. The van der Waals surface area contributed by atoms with Crippen molar-refractivity contribution in [2.45, 2.75) is 0 Å². The quantitative estimate of drug-likeness (QED) is 0.860. The summed E-state index contributed by atoms with van der Waals surface area (Å²) in [5.74, 6) is -1.19. The number of nitrogens with one attached hydrogen (secondary N) is 1. The highest BCUT2D eigenvalue weighted by Gasteiger charge is 2.33. The van der Waals surface area contributed by atoms with Gasteiger partial charge in [0.15, 0.2) is 0 Å². The van der Waals surface area contributed by atoms with Crippen molar-refractivity contribution in [1.82, 2.24) is 4.90 Å². The first-order chi connectivity index (χ1) is 11.0. The van der Waals surface area contributed by atoms with E-state index in [2.05, 4.69) is 5.32 Å². The van der Waals surface area contributed by atoms with Gasteiger partial charge in [0.05, 0.1) is 22.8 Å². The van der Waals surface area contributed by atoms with Crippen LogP contribution in [0.25, 0.3) is 0 Å². The Morgan fingerprint density at radius 2 is 1.70 bits per heavy atom. The van der Waals surface area contributed by atoms with Crippen LogP contribution in [0.4, 0.5) is 5.69 Å². The van der Waals surface area contributed by atoms with Crippen LogP contribution in [0.3, 0.4) is 0 Å². The van der Waals surface area contributed by atoms with Gasteiger partial charge in [-0.05, 0) is 42.5 Å². The largest absolute Gasteiger partial charge is 0.322 e. The van der Waals surface area contributed by atoms with E-state index in [0.29, 0.717) is 16.8 Å². The van der Waals surface area contributed by atoms with Crippen LogP contribution in [0.15, 0.2) is 42.5 Å². The molecule has 6 nitrogen and oxygen atoms in total. The van der Waals surface area contributed by atoms with Crippen molar-refractivity contribution in [3.63, 3.8) is 0 Å². The number of imide groups is 1. The van der Waals surface area contributed by atoms with Gasteiger partial charge in [-0.15, -0.1) is 0 Å². The van der Waals surface area contributed by atoms with Crippen LogP contribution in [0.5, 0.6) is 0 Å². The van der Waals surface area contributed by atoms with E-state index in [1.807, 2.05) is 6.07 Å². The molecule has 1 N–H and O–H groups in total. The molecule has 0 aromatic heterocycles. The first kappa shape index (κ1) is 14.5. The van der Waals surface area contributed by atoms with Crippen molar-refractivity contribution in [3.05, 3.63) is 64.7 Å². The maximum Gasteiger partial charge on any atom is 0.261 e. The number of hydrogen-bond acceptors (Lipinski definition) is 4. The highest BCUT2D eigenvalue weighted by Crippen LogP contribution is 2.23. The molecule has 0 aliphatic carbocycles. The van der Waals surface area contributed by atoms with Crippen LogP contribution in [0, 0.1) is 11.3 Å². The first-order valence-corrected chi connectivity index (χ1v) is 6.79. The van der Waals surface area contributed by atoms with Crippen molar-refractivity contribution >= 4 is 23.4 Å². The minimum atomic E-state index is -0.418. The Hall–Kier alpha value is -3.46. The number of nitriles is 1. The topological polar surface area (TPSA) is 90.3 Å². The van der Waals surface area contributed by atoms with Crippen LogP contribution in [-0.2, 0) is 0 Å². The van der Waals surface area contributed by atoms with E-state index in [0.717, 1.165) is 4.90 Å². The molecule has 0 spiro atoms. The Balaban J connectivity index is 1.85. The van der Waals surface area contributed by atoms with Gasteiger partial charge in [0.25, 0.3) is 17.7 Å². The van der Waals surface area contributed by atoms with E-state index in [9.17, 15) is 14.4 Å². The SMILES string of the molecule is CN1C(=O)c2ccc(C(=O)Nc3ccc(C#N)cc3)cc2C1=O. The Bertz CT molecular complexity index is 879. The minimum absolute atomic E-state index is 0.227. The smallest absolute Gasteiger partial charge is 0.261 e. The third kappa shape index (κ3) is 2.45. The zero-order valence-electron chi connectivity index (χ0n) is 12.2. The zero-order valence-corrected chi connectivity index (χ0v) is 12.2. The number of hydrogen-bond donors (Lipinski definition) is 1. The zero-order chi connectivity index (χ0) is 16.6. The Kier molecular flexibility index (Phi) is 3.39. The number of fused-ring (bicyclic) bond motifs is 1. The van der Waals surface area contributed by atoms with Crippen LogP contribution in [0.2, 0.25) is 0 Å². The van der Waals surface area contributed by atoms with E-state index in [4.69, 9.17) is 5.26 Å². The van der Waals surface area contributed by atoms with E-state index >= 15 is 0 Å². The molecule has 23 heavy (non-hydrogen) atoms. The molecule has 1 aliphatic heterocycles. The molecule has 0 saturated carbocycles. The van der Waals surface area contributed by atoms with E-state index in [-0.39, 0.29) is 17.0 Å². The van der Waals surface area contributed by atoms with Gasteiger partial charge in [-0.2, -0.15) is 5.26 Å². The van der Waals surface area contributed by atoms with Crippen molar-refractivity contribution in [2.75, 3.05) is 12.4 Å². The molecular formula is C17H11N3O3. The van der Waals surface area contributed by atoms with E-state index in [1.54, 1.807) is 24.3 Å². The number of anilines is 1. The molecule has 2 aromatic carbocycles. The van der Waals surface area contributed by atoms with Crippen LogP contribution >= 0.6 is 0 Å². The minimum Gasteiger partial charge on any atom is -0.322 e. The summed E-state index contributed by atoms with van der Waals surface area (Å²) >= 11 is 0. The molecule has 0 saturated heterocycles. The van der Waals surface area contributed by atoms with Gasteiger partial charge >= 0.3 is 0 Å². The fourth-order valence-corrected chi connectivity index (χ4v) is 2.33. The molecular weight excluding hydrogens is 294 g/mol. The lowest BCUT2D eigenvalue weighted by Gasteiger charge is -2.06. The number of nitrogens with zero attached hydrogens (tertiary/aromatic N) is 2. The maximum atomic E-state index is 12.3. The molecule has 6 heteroatoms. The first-order valence-electron chi connectivity index (χ1n) is 6.79. The molecule has 112 valence electrons. The molecule has 0 radical (unpaired) electrons. The van der Waals surface area contributed by atoms with Gasteiger partial charge in [0.2, 0.25) is 0 Å². The van der Waals surface area contributed by atoms with E-state index < -0.39 is 11.8 Å². The number of carbonyl (C=O) groups is 3. The lowest BCUT2D eigenvalue weighted by Crippen LogP contribution is -2.24. The second-order valence-corrected chi connectivity index (χ2v) is 5.07. The summed E-state index contributed by atoms with van der Waals surface area (Å²) in [4.78, 5) is 37.0. The number of carbonyl (C=O) groups excluding carboxylic acids is 3. The molecule has 1 heterocycles. The summed E-state index contributed by atoms with van der Waals surface area (Å²) < 4.78 is 0. The normalized spacial score (nSPS) is 12.8. The summed E-state index contributed by atoms with van der Waals surface area (Å²) in [6.07, 6.45) is 0. The number of amides is 3. The molecule has 3 rings (SSSR count). The molecule has 0 unspecified atom stereocenters. The summed E-state index contributed by atoms with van der Waals surface area (Å²) in [6.45, 7) is 0. The predicted octanol–water partition coefficient (Wildman–Crippen LogP) is 2.04. The van der Waals surface area contributed by atoms with Crippen molar-refractivity contribution < 1.29 is 14.4 Å². The Morgan fingerprint density at radius 3 is 2.35 bits per heavy atom. The lowest BCUT2D eigenvalue weighted by atomic mass is 10.1. The second kappa shape index (κ2) is 5.39. The van der Waals surface area contributed by atoms with Crippen LogP contribution in [0.1, 0.15) is 36.6 Å². The molecule has 1 aliphatic rings. The monoisotopic (exact) mass is 305 g/mol. The van der Waals surface area contributed by atoms with Gasteiger partial charge in [-0.25, -0.2) is 0 Å².